The number of aromatic nitrogens is 1. The molecule has 0 aliphatic heterocycles. The molecule has 8 nitrogen and oxygen atoms in total. The molecule has 4 rings (SSSR count). The molecule has 0 saturated carbocycles. The Balaban J connectivity index is 1.48. The number of rotatable bonds is 12. The molecule has 204 valence electrons. The lowest BCUT2D eigenvalue weighted by molar-refractivity contribution is 0.0929. The second kappa shape index (κ2) is 13.9. The van der Waals surface area contributed by atoms with Gasteiger partial charge in [0.15, 0.2) is 0 Å². The highest BCUT2D eigenvalue weighted by Gasteiger charge is 2.17. The average molecular weight is 556 g/mol. The van der Waals surface area contributed by atoms with Gasteiger partial charge in [-0.15, -0.1) is 0 Å². The number of benzene rings is 3. The van der Waals surface area contributed by atoms with Crippen LogP contribution in [-0.2, 0) is 23.1 Å². The normalized spacial score (nSPS) is 12.0. The van der Waals surface area contributed by atoms with Gasteiger partial charge in [-0.05, 0) is 60.4 Å². The largest absolute Gasteiger partial charge is 0.379 e. The molecule has 0 spiro atoms. The zero-order valence-electron chi connectivity index (χ0n) is 21.6. The van der Waals surface area contributed by atoms with E-state index in [0.29, 0.717) is 29.5 Å². The molecule has 3 aromatic carbocycles. The van der Waals surface area contributed by atoms with E-state index in [9.17, 15) is 18.0 Å². The maximum absolute atomic E-state index is 13.4. The number of carbonyl (C=O) groups is 2. The first-order valence-electron chi connectivity index (χ1n) is 12.7. The quantitative estimate of drug-likeness (QED) is 0.246. The summed E-state index contributed by atoms with van der Waals surface area (Å²) in [5.74, 6) is -0.484. The van der Waals surface area contributed by atoms with Crippen molar-refractivity contribution in [3.63, 3.8) is 0 Å². The van der Waals surface area contributed by atoms with Crippen LogP contribution in [0, 0.1) is 0 Å². The molecule has 1 atom stereocenters. The van der Waals surface area contributed by atoms with Crippen LogP contribution in [0.2, 0.25) is 0 Å². The lowest BCUT2D eigenvalue weighted by atomic mass is 10.0. The molecule has 2 N–H and O–H groups in total. The molecule has 0 aliphatic carbocycles. The Morgan fingerprint density at radius 2 is 1.48 bits per heavy atom. The third-order valence-electron chi connectivity index (χ3n) is 5.98. The lowest BCUT2D eigenvalue weighted by Gasteiger charge is -2.17. The van der Waals surface area contributed by atoms with Crippen LogP contribution in [0.15, 0.2) is 121 Å². The topological polar surface area (TPSA) is 114 Å². The fourth-order valence-corrected chi connectivity index (χ4v) is 4.75. The highest BCUT2D eigenvalue weighted by atomic mass is 32.2. The fourth-order valence-electron chi connectivity index (χ4n) is 3.94. The molecular formula is C31H29N3O5S. The van der Waals surface area contributed by atoms with Crippen LogP contribution in [0.5, 0.6) is 5.75 Å². The summed E-state index contributed by atoms with van der Waals surface area (Å²) < 4.78 is 30.3. The monoisotopic (exact) mass is 555 g/mol. The predicted molar refractivity (Wildman–Crippen MR) is 153 cm³/mol. The number of nitrogens with zero attached hydrogens (tertiary/aromatic N) is 1. The summed E-state index contributed by atoms with van der Waals surface area (Å²) in [7, 11) is -4.05. The molecule has 9 heteroatoms. The maximum Gasteiger partial charge on any atom is 0.332 e. The minimum atomic E-state index is -4.05. The molecule has 0 aliphatic rings. The van der Waals surface area contributed by atoms with E-state index in [4.69, 9.17) is 4.18 Å². The lowest BCUT2D eigenvalue weighted by Crippen LogP contribution is -2.35. The van der Waals surface area contributed by atoms with E-state index in [-0.39, 0.29) is 18.2 Å². The van der Waals surface area contributed by atoms with Crippen molar-refractivity contribution >= 4 is 21.9 Å². The smallest absolute Gasteiger partial charge is 0.332 e. The maximum atomic E-state index is 13.4. The first-order chi connectivity index (χ1) is 19.4. The van der Waals surface area contributed by atoms with Gasteiger partial charge in [0.1, 0.15) is 5.75 Å². The molecule has 0 radical (unpaired) electrons. The fraction of sp³-hybridized carbons (Fsp3) is 0.129. The number of amides is 2. The second-order valence-electron chi connectivity index (χ2n) is 8.90. The van der Waals surface area contributed by atoms with Crippen LogP contribution in [0.1, 0.15) is 38.3 Å². The van der Waals surface area contributed by atoms with Crippen LogP contribution >= 0.6 is 0 Å². The van der Waals surface area contributed by atoms with Gasteiger partial charge in [0.2, 0.25) is 0 Å². The highest BCUT2D eigenvalue weighted by molar-refractivity contribution is 7.90. The standard InChI is InChI=1S/C31H29N3O5S/c35-30(25-17-20-32-21-18-25)33-23-26-11-7-8-14-29(26)31(36)34-27(16-15-24-9-3-1-4-10-24)19-22-40(37,38)39-28-12-5-2-6-13-28/h1-14,17-22,27H,15-16,23H2,(H,33,35)(H,34,36)/b22-19+/t27-/m0/s1. The van der Waals surface area contributed by atoms with Crippen LogP contribution < -0.4 is 14.8 Å². The summed E-state index contributed by atoms with van der Waals surface area (Å²) in [4.78, 5) is 29.8. The number of carbonyl (C=O) groups excluding carboxylic acids is 2. The number of hydrogen-bond acceptors (Lipinski definition) is 6. The van der Waals surface area contributed by atoms with E-state index in [0.717, 1.165) is 11.0 Å². The van der Waals surface area contributed by atoms with Crippen molar-refractivity contribution in [1.82, 2.24) is 15.6 Å². The van der Waals surface area contributed by atoms with Crippen molar-refractivity contribution in [2.75, 3.05) is 0 Å². The molecule has 0 fully saturated rings. The molecule has 1 aromatic heterocycles. The summed E-state index contributed by atoms with van der Waals surface area (Å²) in [6.45, 7) is 0.133. The van der Waals surface area contributed by atoms with Gasteiger partial charge >= 0.3 is 10.1 Å². The molecule has 0 unspecified atom stereocenters. The third-order valence-corrected chi connectivity index (χ3v) is 6.90. The molecule has 0 bridgehead atoms. The van der Waals surface area contributed by atoms with Crippen LogP contribution in [0.3, 0.4) is 0 Å². The number of aryl methyl sites for hydroxylation is 1. The molecule has 4 aromatic rings. The van der Waals surface area contributed by atoms with Gasteiger partial charge in [-0.25, -0.2) is 0 Å². The Kier molecular flexibility index (Phi) is 9.79. The van der Waals surface area contributed by atoms with E-state index in [1.165, 1.54) is 18.5 Å². The average Bonchev–Trinajstić information content (AvgIpc) is 2.98. The van der Waals surface area contributed by atoms with Gasteiger partial charge in [0.25, 0.3) is 11.8 Å². The summed E-state index contributed by atoms with van der Waals surface area (Å²) in [6.07, 6.45) is 5.55. The van der Waals surface area contributed by atoms with Crippen molar-refractivity contribution in [1.29, 1.82) is 0 Å². The number of nitrogens with one attached hydrogen (secondary N) is 2. The highest BCUT2D eigenvalue weighted by Crippen LogP contribution is 2.15. The van der Waals surface area contributed by atoms with Gasteiger partial charge in [-0.1, -0.05) is 66.7 Å². The van der Waals surface area contributed by atoms with E-state index in [1.54, 1.807) is 66.7 Å². The second-order valence-corrected chi connectivity index (χ2v) is 10.3. The molecular weight excluding hydrogens is 526 g/mol. The van der Waals surface area contributed by atoms with Gasteiger partial charge < -0.3 is 14.8 Å². The van der Waals surface area contributed by atoms with Gasteiger partial charge in [-0.2, -0.15) is 8.42 Å². The van der Waals surface area contributed by atoms with Gasteiger partial charge in [0, 0.05) is 36.1 Å². The Labute approximate surface area is 233 Å². The SMILES string of the molecule is O=C(NCc1ccccc1C(=O)N[C@H](/C=C/S(=O)(=O)Oc1ccccc1)CCc1ccccc1)c1ccncc1. The van der Waals surface area contributed by atoms with Crippen molar-refractivity contribution in [3.8, 4) is 5.75 Å². The van der Waals surface area contributed by atoms with Crippen LogP contribution in [0.25, 0.3) is 0 Å². The summed E-state index contributed by atoms with van der Waals surface area (Å²) >= 11 is 0. The Hall–Kier alpha value is -4.76. The number of pyridine rings is 1. The Morgan fingerprint density at radius 1 is 0.825 bits per heavy atom. The van der Waals surface area contributed by atoms with E-state index < -0.39 is 22.1 Å². The summed E-state index contributed by atoms with van der Waals surface area (Å²) in [6, 6.07) is 27.4. The number of para-hydroxylation sites is 1. The minimum absolute atomic E-state index is 0.133. The van der Waals surface area contributed by atoms with Crippen molar-refractivity contribution in [2.45, 2.75) is 25.4 Å². The first-order valence-corrected chi connectivity index (χ1v) is 14.2. The Bertz CT molecular complexity index is 1540. The van der Waals surface area contributed by atoms with E-state index in [2.05, 4.69) is 15.6 Å². The number of hydrogen-bond donors (Lipinski definition) is 2. The third kappa shape index (κ3) is 8.64. The zero-order valence-corrected chi connectivity index (χ0v) is 22.5. The van der Waals surface area contributed by atoms with Crippen molar-refractivity contribution in [2.24, 2.45) is 0 Å². The van der Waals surface area contributed by atoms with Crippen LogP contribution in [0.4, 0.5) is 0 Å². The van der Waals surface area contributed by atoms with Crippen molar-refractivity contribution < 1.29 is 22.2 Å². The first kappa shape index (κ1) is 28.3. The Morgan fingerprint density at radius 3 is 2.20 bits per heavy atom. The summed E-state index contributed by atoms with van der Waals surface area (Å²) in [5.41, 5.74) is 2.51. The molecule has 40 heavy (non-hydrogen) atoms. The van der Waals surface area contributed by atoms with Gasteiger partial charge in [0.05, 0.1) is 5.41 Å². The molecule has 1 heterocycles. The molecule has 0 saturated heterocycles. The van der Waals surface area contributed by atoms with Crippen LogP contribution in [-0.4, -0.2) is 31.3 Å². The minimum Gasteiger partial charge on any atom is -0.379 e. The van der Waals surface area contributed by atoms with Gasteiger partial charge in [-0.3, -0.25) is 14.6 Å². The molecule has 2 amide bonds. The van der Waals surface area contributed by atoms with Crippen molar-refractivity contribution in [3.05, 3.63) is 143 Å². The van der Waals surface area contributed by atoms with E-state index in [1.807, 2.05) is 30.3 Å². The predicted octanol–water partition coefficient (Wildman–Crippen LogP) is 4.67. The van der Waals surface area contributed by atoms with E-state index >= 15 is 0 Å². The zero-order chi connectivity index (χ0) is 28.2. The summed E-state index contributed by atoms with van der Waals surface area (Å²) in [5, 5.41) is 6.72.